The standard InChI is InChI=1S/C30H32N6O2S2/c1-18-5-4-6-22(9-18)36-25(16-31-27(38)30-13-19-10-20(14-30)12-21(11-19)15-30)34-35-29(36)39-17-26(37)33-28-32-23-7-2-3-8-24(23)40-28/h2-9,19-21H,10-17H2,1H3,(H,31,38)(H,32,33,37). The van der Waals surface area contributed by atoms with Gasteiger partial charge in [0.25, 0.3) is 0 Å². The molecule has 0 spiro atoms. The molecular weight excluding hydrogens is 541 g/mol. The van der Waals surface area contributed by atoms with Crippen LogP contribution in [0.15, 0.2) is 53.7 Å². The third kappa shape index (κ3) is 4.92. The number of aromatic nitrogens is 4. The Morgan fingerprint density at radius 3 is 2.50 bits per heavy atom. The summed E-state index contributed by atoms with van der Waals surface area (Å²) in [5.41, 5.74) is 2.69. The summed E-state index contributed by atoms with van der Waals surface area (Å²) in [7, 11) is 0. The lowest BCUT2D eigenvalue weighted by molar-refractivity contribution is -0.146. The maximum Gasteiger partial charge on any atom is 0.236 e. The second-order valence-corrected chi connectivity index (χ2v) is 13.8. The SMILES string of the molecule is Cc1cccc(-n2c(CNC(=O)C34CC5CC(CC(C5)C3)C4)nnc2SCC(=O)Nc2nc3ccccc3s2)c1. The molecule has 8 nitrogen and oxygen atoms in total. The first-order valence-electron chi connectivity index (χ1n) is 14.0. The van der Waals surface area contributed by atoms with Crippen molar-refractivity contribution in [3.63, 3.8) is 0 Å². The summed E-state index contributed by atoms with van der Waals surface area (Å²) < 4.78 is 2.99. The summed E-state index contributed by atoms with van der Waals surface area (Å²) in [4.78, 5) is 30.9. The lowest BCUT2D eigenvalue weighted by atomic mass is 9.49. The second kappa shape index (κ2) is 10.3. The normalized spacial score (nSPS) is 24.9. The summed E-state index contributed by atoms with van der Waals surface area (Å²) in [6.45, 7) is 2.35. The Kier molecular flexibility index (Phi) is 6.62. The number of para-hydroxylation sites is 1. The van der Waals surface area contributed by atoms with E-state index < -0.39 is 0 Å². The molecule has 0 unspecified atom stereocenters. The summed E-state index contributed by atoms with van der Waals surface area (Å²) in [6, 6.07) is 15.9. The average Bonchev–Trinajstić information content (AvgIpc) is 3.53. The number of hydrogen-bond acceptors (Lipinski definition) is 7. The van der Waals surface area contributed by atoms with Crippen molar-refractivity contribution in [1.82, 2.24) is 25.1 Å². The predicted molar refractivity (Wildman–Crippen MR) is 158 cm³/mol. The smallest absolute Gasteiger partial charge is 0.236 e. The van der Waals surface area contributed by atoms with Crippen molar-refractivity contribution in [2.75, 3.05) is 11.1 Å². The van der Waals surface area contributed by atoms with E-state index in [1.54, 1.807) is 0 Å². The molecule has 10 heteroatoms. The third-order valence-corrected chi connectivity index (χ3v) is 10.6. The van der Waals surface area contributed by atoms with Crippen LogP contribution in [0.2, 0.25) is 0 Å². The molecule has 4 bridgehead atoms. The van der Waals surface area contributed by atoms with E-state index in [-0.39, 0.29) is 23.0 Å². The minimum Gasteiger partial charge on any atom is -0.348 e. The van der Waals surface area contributed by atoms with E-state index in [0.29, 0.717) is 40.4 Å². The van der Waals surface area contributed by atoms with Crippen LogP contribution in [-0.4, -0.2) is 37.3 Å². The number of rotatable bonds is 8. The molecule has 40 heavy (non-hydrogen) atoms. The van der Waals surface area contributed by atoms with Gasteiger partial charge in [0.1, 0.15) is 0 Å². The number of thiazole rings is 1. The van der Waals surface area contributed by atoms with Crippen molar-refractivity contribution in [3.8, 4) is 5.69 Å². The topological polar surface area (TPSA) is 102 Å². The van der Waals surface area contributed by atoms with Crippen LogP contribution < -0.4 is 10.6 Å². The fourth-order valence-electron chi connectivity index (χ4n) is 7.48. The number of benzene rings is 2. The fourth-order valence-corrected chi connectivity index (χ4v) is 9.13. The zero-order valence-corrected chi connectivity index (χ0v) is 24.1. The van der Waals surface area contributed by atoms with Crippen LogP contribution in [0.25, 0.3) is 15.9 Å². The molecule has 4 aromatic rings. The number of aryl methyl sites for hydroxylation is 1. The Morgan fingerprint density at radius 1 is 1.02 bits per heavy atom. The van der Waals surface area contributed by atoms with Crippen LogP contribution in [0.5, 0.6) is 0 Å². The summed E-state index contributed by atoms with van der Waals surface area (Å²) >= 11 is 2.78. The summed E-state index contributed by atoms with van der Waals surface area (Å²) in [6.07, 6.45) is 7.00. The van der Waals surface area contributed by atoms with Gasteiger partial charge in [-0.1, -0.05) is 47.4 Å². The number of carbonyl (C=O) groups is 2. The Labute approximate surface area is 241 Å². The van der Waals surface area contributed by atoms with Gasteiger partial charge >= 0.3 is 0 Å². The van der Waals surface area contributed by atoms with E-state index in [0.717, 1.165) is 40.7 Å². The second-order valence-electron chi connectivity index (χ2n) is 11.8. The zero-order valence-electron chi connectivity index (χ0n) is 22.4. The number of nitrogens with zero attached hydrogens (tertiary/aromatic N) is 4. The van der Waals surface area contributed by atoms with E-state index in [9.17, 15) is 9.59 Å². The van der Waals surface area contributed by atoms with Gasteiger partial charge in [-0.05, 0) is 93.0 Å². The van der Waals surface area contributed by atoms with E-state index in [1.165, 1.54) is 42.4 Å². The molecule has 0 radical (unpaired) electrons. The van der Waals surface area contributed by atoms with E-state index >= 15 is 0 Å². The minimum absolute atomic E-state index is 0.153. The molecule has 2 amide bonds. The van der Waals surface area contributed by atoms with Crippen LogP contribution >= 0.6 is 23.1 Å². The number of fused-ring (bicyclic) bond motifs is 1. The lowest BCUT2D eigenvalue weighted by Gasteiger charge is -2.55. The van der Waals surface area contributed by atoms with Gasteiger partial charge in [-0.25, -0.2) is 4.98 Å². The number of anilines is 1. The van der Waals surface area contributed by atoms with Gasteiger partial charge in [0.15, 0.2) is 16.1 Å². The Balaban J connectivity index is 1.07. The molecular formula is C30H32N6O2S2. The number of amides is 2. The van der Waals surface area contributed by atoms with Crippen LogP contribution in [0, 0.1) is 30.1 Å². The third-order valence-electron chi connectivity index (χ3n) is 8.76. The quantitative estimate of drug-likeness (QED) is 0.261. The highest BCUT2D eigenvalue weighted by molar-refractivity contribution is 7.99. The maximum atomic E-state index is 13.6. The Bertz CT molecular complexity index is 1530. The fraction of sp³-hybridized carbons (Fsp3) is 0.433. The first-order valence-corrected chi connectivity index (χ1v) is 15.8. The Hall–Kier alpha value is -3.24. The molecule has 2 heterocycles. The molecule has 2 aromatic carbocycles. The lowest BCUT2D eigenvalue weighted by Crippen LogP contribution is -2.53. The molecule has 0 saturated heterocycles. The van der Waals surface area contributed by atoms with Crippen molar-refractivity contribution >= 4 is 50.3 Å². The summed E-state index contributed by atoms with van der Waals surface area (Å²) in [5.74, 6) is 2.99. The molecule has 4 fully saturated rings. The maximum absolute atomic E-state index is 13.6. The number of carbonyl (C=O) groups excluding carboxylic acids is 2. The molecule has 4 saturated carbocycles. The van der Waals surface area contributed by atoms with Crippen LogP contribution in [0.3, 0.4) is 0 Å². The molecule has 4 aliphatic carbocycles. The first-order chi connectivity index (χ1) is 19.4. The van der Waals surface area contributed by atoms with Crippen molar-refractivity contribution < 1.29 is 9.59 Å². The molecule has 4 aliphatic rings. The van der Waals surface area contributed by atoms with Crippen molar-refractivity contribution in [2.45, 2.75) is 57.1 Å². The molecule has 2 N–H and O–H groups in total. The van der Waals surface area contributed by atoms with Crippen LogP contribution in [-0.2, 0) is 16.1 Å². The first kappa shape index (κ1) is 25.7. The van der Waals surface area contributed by atoms with Gasteiger partial charge in [0.05, 0.1) is 22.5 Å². The van der Waals surface area contributed by atoms with E-state index in [4.69, 9.17) is 0 Å². The van der Waals surface area contributed by atoms with Gasteiger partial charge in [-0.15, -0.1) is 10.2 Å². The van der Waals surface area contributed by atoms with E-state index in [2.05, 4.69) is 31.9 Å². The van der Waals surface area contributed by atoms with Crippen molar-refractivity contribution in [2.24, 2.45) is 23.2 Å². The predicted octanol–water partition coefficient (Wildman–Crippen LogP) is 5.75. The van der Waals surface area contributed by atoms with Crippen LogP contribution in [0.4, 0.5) is 5.13 Å². The molecule has 8 rings (SSSR count). The minimum atomic E-state index is -0.209. The van der Waals surface area contributed by atoms with Gasteiger partial charge in [0, 0.05) is 11.1 Å². The molecule has 2 aromatic heterocycles. The van der Waals surface area contributed by atoms with Crippen LogP contribution in [0.1, 0.15) is 49.9 Å². The monoisotopic (exact) mass is 572 g/mol. The van der Waals surface area contributed by atoms with Gasteiger partial charge in [0.2, 0.25) is 11.8 Å². The highest BCUT2D eigenvalue weighted by Gasteiger charge is 2.54. The van der Waals surface area contributed by atoms with Crippen molar-refractivity contribution in [3.05, 3.63) is 59.9 Å². The van der Waals surface area contributed by atoms with E-state index in [1.807, 2.05) is 54.0 Å². The van der Waals surface area contributed by atoms with Gasteiger partial charge in [-0.3, -0.25) is 14.2 Å². The highest BCUT2D eigenvalue weighted by atomic mass is 32.2. The largest absolute Gasteiger partial charge is 0.348 e. The number of thioether (sulfide) groups is 1. The number of hydrogen-bond donors (Lipinski definition) is 2. The molecule has 0 aliphatic heterocycles. The molecule has 0 atom stereocenters. The number of nitrogens with one attached hydrogen (secondary N) is 2. The highest BCUT2D eigenvalue weighted by Crippen LogP contribution is 2.60. The molecule has 206 valence electrons. The van der Waals surface area contributed by atoms with Gasteiger partial charge in [-0.2, -0.15) is 0 Å². The zero-order chi connectivity index (χ0) is 27.3. The van der Waals surface area contributed by atoms with Gasteiger partial charge < -0.3 is 10.6 Å². The Morgan fingerprint density at radius 2 is 1.77 bits per heavy atom. The van der Waals surface area contributed by atoms with Crippen molar-refractivity contribution in [1.29, 1.82) is 0 Å². The summed E-state index contributed by atoms with van der Waals surface area (Å²) in [5, 5.41) is 16.3. The average molecular weight is 573 g/mol.